The zero-order chi connectivity index (χ0) is 19.4. The fourth-order valence-corrected chi connectivity index (χ4v) is 3.83. The molecule has 0 aliphatic carbocycles. The lowest BCUT2D eigenvalue weighted by molar-refractivity contribution is -0.143. The lowest BCUT2D eigenvalue weighted by atomic mass is 10.1. The van der Waals surface area contributed by atoms with E-state index in [0.29, 0.717) is 36.0 Å². The van der Waals surface area contributed by atoms with Crippen LogP contribution in [0, 0.1) is 0 Å². The summed E-state index contributed by atoms with van der Waals surface area (Å²) in [4.78, 5) is 29.0. The van der Waals surface area contributed by atoms with Crippen LogP contribution in [0.4, 0.5) is 0 Å². The average molecular weight is 405 g/mol. The molecule has 2 amide bonds. The molecule has 0 N–H and O–H groups in total. The summed E-state index contributed by atoms with van der Waals surface area (Å²) in [5, 5.41) is 0.929. The zero-order valence-electron chi connectivity index (χ0n) is 15.2. The molecule has 1 atom stereocenters. The third-order valence-corrected chi connectivity index (χ3v) is 5.73. The van der Waals surface area contributed by atoms with Gasteiger partial charge in [-0.2, -0.15) is 0 Å². The second-order valence-corrected chi connectivity index (χ2v) is 7.60. The van der Waals surface area contributed by atoms with Crippen LogP contribution in [-0.2, 0) is 22.6 Å². The van der Waals surface area contributed by atoms with Crippen LogP contribution in [0.1, 0.15) is 24.0 Å². The summed E-state index contributed by atoms with van der Waals surface area (Å²) in [6, 6.07) is 14.6. The molecule has 0 bridgehead atoms. The van der Waals surface area contributed by atoms with Crippen LogP contribution in [0.2, 0.25) is 10.0 Å². The predicted octanol–water partition coefficient (Wildman–Crippen LogP) is 4.19. The number of hydrogen-bond donors (Lipinski definition) is 0. The number of benzene rings is 2. The standard InChI is InChI=1S/C21H22Cl2N2O2/c1-24(14-16-9-5-10-17(22)20(16)23)21(27)18-11-6-12-25(18)19(26)13-15-7-3-2-4-8-15/h2-5,7-10,18H,6,11-14H2,1H3. The maximum absolute atomic E-state index is 13.0. The minimum Gasteiger partial charge on any atom is -0.340 e. The molecule has 1 unspecified atom stereocenters. The number of halogens is 2. The Kier molecular flexibility index (Phi) is 6.40. The number of amides is 2. The van der Waals surface area contributed by atoms with Crippen LogP contribution in [0.15, 0.2) is 48.5 Å². The Bertz CT molecular complexity index is 826. The van der Waals surface area contributed by atoms with Crippen molar-refractivity contribution in [2.45, 2.75) is 31.8 Å². The van der Waals surface area contributed by atoms with E-state index in [4.69, 9.17) is 23.2 Å². The summed E-state index contributed by atoms with van der Waals surface area (Å²) >= 11 is 12.3. The van der Waals surface area contributed by atoms with Gasteiger partial charge in [-0.15, -0.1) is 0 Å². The molecule has 1 aliphatic heterocycles. The van der Waals surface area contributed by atoms with Gasteiger partial charge >= 0.3 is 0 Å². The molecule has 2 aromatic carbocycles. The molecule has 1 fully saturated rings. The highest BCUT2D eigenvalue weighted by Gasteiger charge is 2.35. The van der Waals surface area contributed by atoms with Crippen molar-refractivity contribution >= 4 is 35.0 Å². The molecule has 1 saturated heterocycles. The first-order valence-electron chi connectivity index (χ1n) is 8.98. The van der Waals surface area contributed by atoms with E-state index >= 15 is 0 Å². The molecule has 1 heterocycles. The van der Waals surface area contributed by atoms with Crippen molar-refractivity contribution in [1.82, 2.24) is 9.80 Å². The van der Waals surface area contributed by atoms with Crippen LogP contribution >= 0.6 is 23.2 Å². The number of likely N-dealkylation sites (tertiary alicyclic amines) is 1. The Balaban J connectivity index is 1.67. The molecule has 0 aromatic heterocycles. The summed E-state index contributed by atoms with van der Waals surface area (Å²) in [7, 11) is 1.73. The van der Waals surface area contributed by atoms with Gasteiger partial charge in [0.25, 0.3) is 0 Å². The highest BCUT2D eigenvalue weighted by molar-refractivity contribution is 6.42. The van der Waals surface area contributed by atoms with Gasteiger partial charge in [-0.1, -0.05) is 65.7 Å². The summed E-state index contributed by atoms with van der Waals surface area (Å²) in [5.41, 5.74) is 1.75. The van der Waals surface area contributed by atoms with Crippen molar-refractivity contribution in [1.29, 1.82) is 0 Å². The van der Waals surface area contributed by atoms with Gasteiger partial charge in [0.15, 0.2) is 0 Å². The average Bonchev–Trinajstić information content (AvgIpc) is 3.15. The van der Waals surface area contributed by atoms with Gasteiger partial charge in [0.2, 0.25) is 11.8 Å². The van der Waals surface area contributed by atoms with Gasteiger partial charge in [0.1, 0.15) is 6.04 Å². The van der Waals surface area contributed by atoms with Gasteiger partial charge < -0.3 is 9.80 Å². The van der Waals surface area contributed by atoms with Gasteiger partial charge in [-0.05, 0) is 30.0 Å². The van der Waals surface area contributed by atoms with Gasteiger partial charge in [-0.3, -0.25) is 9.59 Å². The van der Waals surface area contributed by atoms with Crippen molar-refractivity contribution in [3.8, 4) is 0 Å². The molecule has 1 aliphatic rings. The molecule has 2 aromatic rings. The summed E-state index contributed by atoms with van der Waals surface area (Å²) in [6.07, 6.45) is 1.84. The summed E-state index contributed by atoms with van der Waals surface area (Å²) in [6.45, 7) is 0.975. The summed E-state index contributed by atoms with van der Waals surface area (Å²) in [5.74, 6) is -0.0730. The molecule has 3 rings (SSSR count). The van der Waals surface area contributed by atoms with Crippen LogP contribution in [0.5, 0.6) is 0 Å². The third kappa shape index (κ3) is 4.63. The van der Waals surface area contributed by atoms with E-state index in [1.807, 2.05) is 42.5 Å². The van der Waals surface area contributed by atoms with E-state index in [2.05, 4.69) is 0 Å². The SMILES string of the molecule is CN(Cc1cccc(Cl)c1Cl)C(=O)C1CCCN1C(=O)Cc1ccccc1. The van der Waals surface area contributed by atoms with E-state index in [-0.39, 0.29) is 11.8 Å². The fourth-order valence-electron chi connectivity index (χ4n) is 3.45. The minimum atomic E-state index is -0.413. The van der Waals surface area contributed by atoms with E-state index in [1.165, 1.54) is 0 Å². The summed E-state index contributed by atoms with van der Waals surface area (Å²) < 4.78 is 0. The largest absolute Gasteiger partial charge is 0.340 e. The fraction of sp³-hybridized carbons (Fsp3) is 0.333. The second kappa shape index (κ2) is 8.77. The van der Waals surface area contributed by atoms with Gasteiger partial charge in [0, 0.05) is 20.1 Å². The lowest BCUT2D eigenvalue weighted by Crippen LogP contribution is -2.46. The van der Waals surface area contributed by atoms with Crippen LogP contribution in [0.3, 0.4) is 0 Å². The topological polar surface area (TPSA) is 40.6 Å². The molecule has 0 saturated carbocycles. The van der Waals surface area contributed by atoms with Gasteiger partial charge in [-0.25, -0.2) is 0 Å². The first kappa shape index (κ1) is 19.7. The van der Waals surface area contributed by atoms with Gasteiger partial charge in [0.05, 0.1) is 16.5 Å². The molecule has 6 heteroatoms. The third-order valence-electron chi connectivity index (χ3n) is 4.87. The monoisotopic (exact) mass is 404 g/mol. The normalized spacial score (nSPS) is 16.4. The number of carbonyl (C=O) groups excluding carboxylic acids is 2. The van der Waals surface area contributed by atoms with Crippen LogP contribution < -0.4 is 0 Å². The van der Waals surface area contributed by atoms with Crippen molar-refractivity contribution < 1.29 is 9.59 Å². The molecular formula is C21H22Cl2N2O2. The highest BCUT2D eigenvalue weighted by atomic mass is 35.5. The van der Waals surface area contributed by atoms with E-state index in [1.54, 1.807) is 22.9 Å². The second-order valence-electron chi connectivity index (χ2n) is 6.81. The number of carbonyl (C=O) groups is 2. The number of likely N-dealkylation sites (N-methyl/N-ethyl adjacent to an activating group) is 1. The molecular weight excluding hydrogens is 383 g/mol. The lowest BCUT2D eigenvalue weighted by Gasteiger charge is -2.28. The molecule has 27 heavy (non-hydrogen) atoms. The quantitative estimate of drug-likeness (QED) is 0.749. The maximum Gasteiger partial charge on any atom is 0.245 e. The predicted molar refractivity (Wildman–Crippen MR) is 108 cm³/mol. The van der Waals surface area contributed by atoms with Crippen LogP contribution in [0.25, 0.3) is 0 Å². The minimum absolute atomic E-state index is 0.00811. The van der Waals surface area contributed by atoms with Crippen molar-refractivity contribution in [3.63, 3.8) is 0 Å². The van der Waals surface area contributed by atoms with Crippen molar-refractivity contribution in [2.24, 2.45) is 0 Å². The number of hydrogen-bond acceptors (Lipinski definition) is 2. The molecule has 142 valence electrons. The number of rotatable bonds is 5. The Labute approximate surface area is 169 Å². The highest BCUT2D eigenvalue weighted by Crippen LogP contribution is 2.27. The molecule has 4 nitrogen and oxygen atoms in total. The van der Waals surface area contributed by atoms with E-state index in [9.17, 15) is 9.59 Å². The van der Waals surface area contributed by atoms with Crippen LogP contribution in [-0.4, -0.2) is 41.2 Å². The Morgan fingerprint density at radius 2 is 1.85 bits per heavy atom. The molecule has 0 radical (unpaired) electrons. The van der Waals surface area contributed by atoms with E-state index < -0.39 is 6.04 Å². The van der Waals surface area contributed by atoms with E-state index in [0.717, 1.165) is 17.5 Å². The Hall–Kier alpha value is -2.04. The Morgan fingerprint density at radius 1 is 1.11 bits per heavy atom. The maximum atomic E-state index is 13.0. The van der Waals surface area contributed by atoms with Crippen molar-refractivity contribution in [2.75, 3.05) is 13.6 Å². The zero-order valence-corrected chi connectivity index (χ0v) is 16.7. The number of nitrogens with zero attached hydrogens (tertiary/aromatic N) is 2. The molecule has 0 spiro atoms. The smallest absolute Gasteiger partial charge is 0.245 e. The Morgan fingerprint density at radius 3 is 2.59 bits per heavy atom. The first-order valence-corrected chi connectivity index (χ1v) is 9.74. The first-order chi connectivity index (χ1) is 13.0. The van der Waals surface area contributed by atoms with Crippen molar-refractivity contribution in [3.05, 3.63) is 69.7 Å².